The Labute approximate surface area is 167 Å². The zero-order valence-electron chi connectivity index (χ0n) is 15.7. The molecule has 0 aliphatic heterocycles. The highest BCUT2D eigenvalue weighted by Gasteiger charge is 2.20. The Bertz CT molecular complexity index is 978. The summed E-state index contributed by atoms with van der Waals surface area (Å²) in [6.07, 6.45) is 3.28. The summed E-state index contributed by atoms with van der Waals surface area (Å²) in [5, 5.41) is 4.15. The van der Waals surface area contributed by atoms with Crippen molar-refractivity contribution in [2.24, 2.45) is 0 Å². The summed E-state index contributed by atoms with van der Waals surface area (Å²) in [7, 11) is 0. The minimum atomic E-state index is -0.103. The fourth-order valence-electron chi connectivity index (χ4n) is 2.54. The Morgan fingerprint density at radius 1 is 1.22 bits per heavy atom. The Morgan fingerprint density at radius 3 is 2.63 bits per heavy atom. The minimum Gasteiger partial charge on any atom is -0.347 e. The number of halogens is 1. The number of carbonyl (C=O) groups is 1. The average Bonchev–Trinajstić information content (AvgIpc) is 3.11. The largest absolute Gasteiger partial charge is 0.347 e. The van der Waals surface area contributed by atoms with Crippen LogP contribution in [-0.2, 0) is 12.0 Å². The maximum atomic E-state index is 12.4. The van der Waals surface area contributed by atoms with Crippen molar-refractivity contribution in [3.05, 3.63) is 63.0 Å². The van der Waals surface area contributed by atoms with E-state index in [2.05, 4.69) is 41.0 Å². The van der Waals surface area contributed by atoms with E-state index in [1.807, 2.05) is 31.2 Å². The smallest absolute Gasteiger partial charge is 0.263 e. The van der Waals surface area contributed by atoms with Gasteiger partial charge in [-0.3, -0.25) is 4.79 Å². The molecule has 1 aromatic carbocycles. The molecule has 1 N–H and O–H groups in total. The number of amides is 1. The maximum absolute atomic E-state index is 12.4. The van der Waals surface area contributed by atoms with Crippen molar-refractivity contribution < 1.29 is 4.79 Å². The molecule has 3 aromatic rings. The summed E-state index contributed by atoms with van der Waals surface area (Å²) in [4.78, 5) is 25.6. The van der Waals surface area contributed by atoms with Crippen LogP contribution in [-0.4, -0.2) is 20.9 Å². The zero-order chi connectivity index (χ0) is 19.6. The van der Waals surface area contributed by atoms with Crippen molar-refractivity contribution in [3.8, 4) is 11.3 Å². The molecule has 0 aliphatic carbocycles. The number of aryl methyl sites for hydroxylation is 1. The van der Waals surface area contributed by atoms with E-state index >= 15 is 0 Å². The molecule has 0 bridgehead atoms. The molecule has 0 aliphatic rings. The van der Waals surface area contributed by atoms with E-state index in [0.29, 0.717) is 11.4 Å². The van der Waals surface area contributed by atoms with Gasteiger partial charge in [-0.25, -0.2) is 15.0 Å². The summed E-state index contributed by atoms with van der Waals surface area (Å²) in [6.45, 7) is 8.73. The number of hydrogen-bond donors (Lipinski definition) is 1. The van der Waals surface area contributed by atoms with Crippen LogP contribution in [0.25, 0.3) is 11.3 Å². The highest BCUT2D eigenvalue weighted by atomic mass is 35.5. The van der Waals surface area contributed by atoms with Gasteiger partial charge in [0.05, 0.1) is 16.9 Å². The standard InChI is InChI=1S/C20H21ClN4OS/c1-12-9-13(15-7-8-22-19(21)25-15)5-6-14(12)10-23-17(26)16-11-24-18(27-16)20(2,3)4/h5-9,11H,10H2,1-4H3,(H,23,26). The van der Waals surface area contributed by atoms with Crippen LogP contribution in [0, 0.1) is 6.92 Å². The number of thiazole rings is 1. The Kier molecular flexibility index (Phi) is 5.58. The Hall–Kier alpha value is -2.31. The summed E-state index contributed by atoms with van der Waals surface area (Å²) in [6, 6.07) is 7.81. The predicted octanol–water partition coefficient (Wildman–Crippen LogP) is 4.79. The van der Waals surface area contributed by atoms with Gasteiger partial charge in [-0.05, 0) is 41.8 Å². The molecule has 0 unspecified atom stereocenters. The second kappa shape index (κ2) is 7.74. The first kappa shape index (κ1) is 19.5. The topological polar surface area (TPSA) is 67.8 Å². The monoisotopic (exact) mass is 400 g/mol. The highest BCUT2D eigenvalue weighted by Crippen LogP contribution is 2.27. The number of benzene rings is 1. The van der Waals surface area contributed by atoms with Gasteiger partial charge in [-0.15, -0.1) is 11.3 Å². The van der Waals surface area contributed by atoms with Crippen molar-refractivity contribution in [2.75, 3.05) is 0 Å². The zero-order valence-corrected chi connectivity index (χ0v) is 17.3. The van der Waals surface area contributed by atoms with E-state index in [1.165, 1.54) is 11.3 Å². The summed E-state index contributed by atoms with van der Waals surface area (Å²) in [5.41, 5.74) is 3.80. The number of carbonyl (C=O) groups excluding carboxylic acids is 1. The van der Waals surface area contributed by atoms with Gasteiger partial charge in [0.25, 0.3) is 5.91 Å². The molecule has 2 heterocycles. The molecule has 3 rings (SSSR count). The third kappa shape index (κ3) is 4.70. The summed E-state index contributed by atoms with van der Waals surface area (Å²) >= 11 is 7.30. The Balaban J connectivity index is 1.69. The molecule has 0 spiro atoms. The number of nitrogens with one attached hydrogen (secondary N) is 1. The molecule has 2 aromatic heterocycles. The molecular formula is C20H21ClN4OS. The molecule has 0 fully saturated rings. The second-order valence-electron chi connectivity index (χ2n) is 7.31. The lowest BCUT2D eigenvalue weighted by molar-refractivity contribution is 0.0954. The van der Waals surface area contributed by atoms with E-state index in [-0.39, 0.29) is 16.6 Å². The average molecular weight is 401 g/mol. The normalized spacial score (nSPS) is 11.4. The van der Waals surface area contributed by atoms with Crippen molar-refractivity contribution in [2.45, 2.75) is 39.7 Å². The van der Waals surface area contributed by atoms with Gasteiger partial charge < -0.3 is 5.32 Å². The maximum Gasteiger partial charge on any atom is 0.263 e. The van der Waals surface area contributed by atoms with Gasteiger partial charge in [0.15, 0.2) is 0 Å². The quantitative estimate of drug-likeness (QED) is 0.639. The fraction of sp³-hybridized carbons (Fsp3) is 0.300. The molecule has 1 amide bonds. The van der Waals surface area contributed by atoms with Crippen LogP contribution in [0.3, 0.4) is 0 Å². The lowest BCUT2D eigenvalue weighted by Gasteiger charge is -2.13. The molecule has 140 valence electrons. The third-order valence-corrected chi connectivity index (χ3v) is 5.68. The molecular weight excluding hydrogens is 380 g/mol. The van der Waals surface area contributed by atoms with Gasteiger partial charge in [-0.1, -0.05) is 32.9 Å². The number of nitrogens with zero attached hydrogens (tertiary/aromatic N) is 3. The molecule has 7 heteroatoms. The van der Waals surface area contributed by atoms with Crippen molar-refractivity contribution in [1.29, 1.82) is 0 Å². The van der Waals surface area contributed by atoms with E-state index in [1.54, 1.807) is 12.4 Å². The summed E-state index contributed by atoms with van der Waals surface area (Å²) < 4.78 is 0. The summed E-state index contributed by atoms with van der Waals surface area (Å²) in [5.74, 6) is -0.103. The van der Waals surface area contributed by atoms with Crippen molar-refractivity contribution in [1.82, 2.24) is 20.3 Å². The van der Waals surface area contributed by atoms with Gasteiger partial charge in [0.1, 0.15) is 4.88 Å². The van der Waals surface area contributed by atoms with E-state index in [9.17, 15) is 4.79 Å². The number of aromatic nitrogens is 3. The van der Waals surface area contributed by atoms with Gasteiger partial charge in [-0.2, -0.15) is 0 Å². The van der Waals surface area contributed by atoms with Crippen LogP contribution in [0.15, 0.2) is 36.7 Å². The van der Waals surface area contributed by atoms with Crippen molar-refractivity contribution in [3.63, 3.8) is 0 Å². The predicted molar refractivity (Wildman–Crippen MR) is 109 cm³/mol. The molecule has 27 heavy (non-hydrogen) atoms. The number of hydrogen-bond acceptors (Lipinski definition) is 5. The minimum absolute atomic E-state index is 0.0560. The van der Waals surface area contributed by atoms with Crippen molar-refractivity contribution >= 4 is 28.8 Å². The molecule has 0 radical (unpaired) electrons. The number of rotatable bonds is 4. The molecule has 5 nitrogen and oxygen atoms in total. The van der Waals surface area contributed by atoms with E-state index in [0.717, 1.165) is 27.4 Å². The third-order valence-electron chi connectivity index (χ3n) is 4.08. The molecule has 0 saturated carbocycles. The van der Waals surface area contributed by atoms with Crippen LogP contribution < -0.4 is 5.32 Å². The van der Waals surface area contributed by atoms with Gasteiger partial charge >= 0.3 is 0 Å². The van der Waals surface area contributed by atoms with Crippen LogP contribution in [0.2, 0.25) is 5.28 Å². The van der Waals surface area contributed by atoms with Crippen LogP contribution >= 0.6 is 22.9 Å². The van der Waals surface area contributed by atoms with Crippen LogP contribution in [0.4, 0.5) is 0 Å². The van der Waals surface area contributed by atoms with Gasteiger partial charge in [0, 0.05) is 23.7 Å². The molecule has 0 atom stereocenters. The van der Waals surface area contributed by atoms with E-state index in [4.69, 9.17) is 11.6 Å². The lowest BCUT2D eigenvalue weighted by atomic mass is 9.98. The van der Waals surface area contributed by atoms with E-state index < -0.39 is 0 Å². The second-order valence-corrected chi connectivity index (χ2v) is 8.68. The highest BCUT2D eigenvalue weighted by molar-refractivity contribution is 7.13. The lowest BCUT2D eigenvalue weighted by Crippen LogP contribution is -2.22. The van der Waals surface area contributed by atoms with Crippen LogP contribution in [0.1, 0.15) is 46.6 Å². The SMILES string of the molecule is Cc1cc(-c2ccnc(Cl)n2)ccc1CNC(=O)c1cnc(C(C)(C)C)s1. The molecule has 0 saturated heterocycles. The fourth-order valence-corrected chi connectivity index (χ4v) is 3.58. The first-order valence-corrected chi connectivity index (χ1v) is 9.76. The Morgan fingerprint density at radius 2 is 2.00 bits per heavy atom. The van der Waals surface area contributed by atoms with Crippen LogP contribution in [0.5, 0.6) is 0 Å². The first-order chi connectivity index (χ1) is 12.7. The first-order valence-electron chi connectivity index (χ1n) is 8.57. The van der Waals surface area contributed by atoms with Gasteiger partial charge in [0.2, 0.25) is 5.28 Å².